The number of rotatable bonds is 7. The van der Waals surface area contributed by atoms with Gasteiger partial charge in [0.25, 0.3) is 0 Å². The van der Waals surface area contributed by atoms with E-state index in [0.717, 1.165) is 16.3 Å². The average Bonchev–Trinajstić information content (AvgIpc) is 2.98. The molecule has 2 aromatic heterocycles. The van der Waals surface area contributed by atoms with Crippen LogP contribution in [0.1, 0.15) is 16.3 Å². The van der Waals surface area contributed by atoms with Gasteiger partial charge in [0.1, 0.15) is 10.0 Å². The van der Waals surface area contributed by atoms with E-state index < -0.39 is 10.0 Å². The molecule has 0 unspecified atom stereocenters. The summed E-state index contributed by atoms with van der Waals surface area (Å²) in [5.41, 5.74) is 0.999. The molecule has 0 saturated carbocycles. The lowest BCUT2D eigenvalue weighted by molar-refractivity contribution is 0.582. The first-order valence-electron chi connectivity index (χ1n) is 6.64. The van der Waals surface area contributed by atoms with Crippen LogP contribution in [0.4, 0.5) is 0 Å². The molecule has 0 aliphatic rings. The zero-order valence-electron chi connectivity index (χ0n) is 12.4. The second kappa shape index (κ2) is 6.69. The molecular weight excluding hydrogens is 308 g/mol. The van der Waals surface area contributed by atoms with Crippen molar-refractivity contribution in [2.45, 2.75) is 24.1 Å². The summed E-state index contributed by atoms with van der Waals surface area (Å²) in [6.07, 6.45) is 4.11. The highest BCUT2D eigenvalue weighted by molar-refractivity contribution is 7.91. The highest BCUT2D eigenvalue weighted by atomic mass is 32.2. The van der Waals surface area contributed by atoms with Crippen molar-refractivity contribution in [3.05, 3.63) is 34.7 Å². The van der Waals surface area contributed by atoms with Crippen molar-refractivity contribution in [1.82, 2.24) is 19.6 Å². The van der Waals surface area contributed by atoms with Gasteiger partial charge in [-0.05, 0) is 25.6 Å². The van der Waals surface area contributed by atoms with Crippen molar-refractivity contribution in [3.63, 3.8) is 0 Å². The van der Waals surface area contributed by atoms with Crippen LogP contribution in [0.2, 0.25) is 0 Å². The molecule has 0 amide bonds. The molecule has 0 saturated heterocycles. The summed E-state index contributed by atoms with van der Waals surface area (Å²) < 4.78 is 29.4. The number of hydrogen-bond acceptors (Lipinski definition) is 5. The van der Waals surface area contributed by atoms with E-state index in [4.69, 9.17) is 0 Å². The molecule has 0 radical (unpaired) electrons. The summed E-state index contributed by atoms with van der Waals surface area (Å²) in [5.74, 6) is 0.857. The first-order valence-corrected chi connectivity index (χ1v) is 8.94. The summed E-state index contributed by atoms with van der Waals surface area (Å²) in [6, 6.07) is 1.72. The molecule has 2 heterocycles. The fraction of sp³-hybridized carbons (Fsp3) is 0.462. The van der Waals surface area contributed by atoms with Gasteiger partial charge in [-0.25, -0.2) is 18.1 Å². The third-order valence-electron chi connectivity index (χ3n) is 3.16. The molecule has 21 heavy (non-hydrogen) atoms. The maximum absolute atomic E-state index is 12.3. The van der Waals surface area contributed by atoms with E-state index in [1.54, 1.807) is 12.3 Å². The van der Waals surface area contributed by atoms with E-state index in [1.165, 1.54) is 11.3 Å². The first kappa shape index (κ1) is 16.2. The second-order valence-corrected chi connectivity index (χ2v) is 7.93. The maximum Gasteiger partial charge on any atom is 0.250 e. The van der Waals surface area contributed by atoms with Crippen LogP contribution in [0.5, 0.6) is 0 Å². The predicted molar refractivity (Wildman–Crippen MR) is 83.9 cm³/mol. The van der Waals surface area contributed by atoms with Gasteiger partial charge >= 0.3 is 0 Å². The highest BCUT2D eigenvalue weighted by Gasteiger charge is 2.18. The Balaban J connectivity index is 2.01. The summed E-state index contributed by atoms with van der Waals surface area (Å²) in [6.45, 7) is 2.95. The zero-order valence-corrected chi connectivity index (χ0v) is 14.0. The van der Waals surface area contributed by atoms with Gasteiger partial charge in [0.2, 0.25) is 10.0 Å². The zero-order chi connectivity index (χ0) is 15.5. The number of nitrogens with zero attached hydrogens (tertiary/aromatic N) is 2. The molecule has 2 N–H and O–H groups in total. The molecule has 0 fully saturated rings. The Bertz CT molecular complexity index is 704. The summed E-state index contributed by atoms with van der Waals surface area (Å²) in [7, 11) is 0.295. The van der Waals surface area contributed by atoms with Crippen molar-refractivity contribution in [3.8, 4) is 0 Å². The normalized spacial score (nSPS) is 12.0. The van der Waals surface area contributed by atoms with Gasteiger partial charge < -0.3 is 9.88 Å². The topological polar surface area (TPSA) is 76.0 Å². The van der Waals surface area contributed by atoms with E-state index in [2.05, 4.69) is 15.0 Å². The molecule has 2 rings (SSSR count). The molecule has 0 aliphatic carbocycles. The molecule has 116 valence electrons. The number of imidazole rings is 1. The van der Waals surface area contributed by atoms with Crippen LogP contribution in [0, 0.1) is 6.92 Å². The van der Waals surface area contributed by atoms with E-state index >= 15 is 0 Å². The number of thiophene rings is 1. The van der Waals surface area contributed by atoms with Crippen LogP contribution in [0.25, 0.3) is 0 Å². The van der Waals surface area contributed by atoms with Crippen molar-refractivity contribution in [2.24, 2.45) is 7.05 Å². The van der Waals surface area contributed by atoms with Crippen LogP contribution < -0.4 is 10.0 Å². The first-order chi connectivity index (χ1) is 9.94. The molecule has 0 aliphatic heterocycles. The third-order valence-corrected chi connectivity index (χ3v) is 6.33. The molecule has 0 bridgehead atoms. The number of aromatic nitrogens is 2. The van der Waals surface area contributed by atoms with E-state index in [9.17, 15) is 8.42 Å². The Morgan fingerprint density at radius 3 is 2.81 bits per heavy atom. The average molecular weight is 328 g/mol. The Hall–Kier alpha value is -1.22. The van der Waals surface area contributed by atoms with Gasteiger partial charge in [0.15, 0.2) is 0 Å². The molecular formula is C13H20N4O2S2. The van der Waals surface area contributed by atoms with Crippen LogP contribution in [-0.2, 0) is 30.0 Å². The predicted octanol–water partition coefficient (Wildman–Crippen LogP) is 1.03. The highest BCUT2D eigenvalue weighted by Crippen LogP contribution is 2.25. The van der Waals surface area contributed by atoms with Crippen molar-refractivity contribution >= 4 is 21.4 Å². The molecule has 0 aromatic carbocycles. The standard InChI is InChI=1S/C13H20N4O2S2/c1-10-8-13(20-11(10)9-14-2)21(18,19)16-5-4-12-15-6-7-17(12)3/h6-8,14,16H,4-5,9H2,1-3H3. The minimum Gasteiger partial charge on any atom is -0.338 e. The van der Waals surface area contributed by atoms with E-state index in [1.807, 2.05) is 31.8 Å². The SMILES string of the molecule is CNCc1sc(S(=O)(=O)NCCc2nccn2C)cc1C. The lowest BCUT2D eigenvalue weighted by Crippen LogP contribution is -2.26. The molecule has 8 heteroatoms. The third kappa shape index (κ3) is 3.91. The van der Waals surface area contributed by atoms with E-state index in [0.29, 0.717) is 23.7 Å². The second-order valence-electron chi connectivity index (χ2n) is 4.80. The van der Waals surface area contributed by atoms with Gasteiger partial charge in [-0.1, -0.05) is 0 Å². The van der Waals surface area contributed by atoms with Gasteiger partial charge in [-0.3, -0.25) is 0 Å². The minimum absolute atomic E-state index is 0.339. The Labute approximate surface area is 129 Å². The van der Waals surface area contributed by atoms with E-state index in [-0.39, 0.29) is 0 Å². The smallest absolute Gasteiger partial charge is 0.250 e. The van der Waals surface area contributed by atoms with Crippen molar-refractivity contribution in [2.75, 3.05) is 13.6 Å². The maximum atomic E-state index is 12.3. The fourth-order valence-corrected chi connectivity index (χ4v) is 4.64. The van der Waals surface area contributed by atoms with Crippen LogP contribution in [0.3, 0.4) is 0 Å². The number of aryl methyl sites for hydroxylation is 2. The Kier molecular flexibility index (Phi) is 5.15. The minimum atomic E-state index is -3.44. The lowest BCUT2D eigenvalue weighted by Gasteiger charge is -2.05. The lowest BCUT2D eigenvalue weighted by atomic mass is 10.3. The number of sulfonamides is 1. The summed E-state index contributed by atoms with van der Waals surface area (Å²) in [4.78, 5) is 5.22. The quantitative estimate of drug-likeness (QED) is 0.796. The van der Waals surface area contributed by atoms with Gasteiger partial charge in [-0.2, -0.15) is 0 Å². The largest absolute Gasteiger partial charge is 0.338 e. The van der Waals surface area contributed by atoms with Gasteiger partial charge in [0.05, 0.1) is 0 Å². The monoisotopic (exact) mass is 328 g/mol. The summed E-state index contributed by atoms with van der Waals surface area (Å²) >= 11 is 1.31. The van der Waals surface area contributed by atoms with Gasteiger partial charge in [0, 0.05) is 43.8 Å². The fourth-order valence-electron chi connectivity index (χ4n) is 1.96. The summed E-state index contributed by atoms with van der Waals surface area (Å²) in [5, 5.41) is 3.04. The van der Waals surface area contributed by atoms with Crippen LogP contribution >= 0.6 is 11.3 Å². The number of hydrogen-bond donors (Lipinski definition) is 2. The molecule has 0 atom stereocenters. The molecule has 0 spiro atoms. The van der Waals surface area contributed by atoms with Crippen molar-refractivity contribution < 1.29 is 8.42 Å². The Morgan fingerprint density at radius 2 is 2.19 bits per heavy atom. The number of nitrogens with one attached hydrogen (secondary N) is 2. The van der Waals surface area contributed by atoms with Gasteiger partial charge in [-0.15, -0.1) is 11.3 Å². The van der Waals surface area contributed by atoms with Crippen LogP contribution in [0.15, 0.2) is 22.7 Å². The Morgan fingerprint density at radius 1 is 1.43 bits per heavy atom. The molecule has 6 nitrogen and oxygen atoms in total. The van der Waals surface area contributed by atoms with Crippen molar-refractivity contribution in [1.29, 1.82) is 0 Å². The molecule has 2 aromatic rings. The van der Waals surface area contributed by atoms with Crippen LogP contribution in [-0.4, -0.2) is 31.6 Å².